The molecule has 0 aromatic heterocycles. The van der Waals surface area contributed by atoms with E-state index in [1.54, 1.807) is 18.2 Å². The lowest BCUT2D eigenvalue weighted by Crippen LogP contribution is -2.38. The molecule has 1 amide bonds. The molecular weight excluding hydrogens is 410 g/mol. The summed E-state index contributed by atoms with van der Waals surface area (Å²) in [5.41, 5.74) is 1.52. The van der Waals surface area contributed by atoms with Crippen molar-refractivity contribution in [2.24, 2.45) is 0 Å². The third-order valence-electron chi connectivity index (χ3n) is 4.58. The van der Waals surface area contributed by atoms with Crippen molar-refractivity contribution in [1.82, 2.24) is 10.2 Å². The Morgan fingerprint density at radius 1 is 1.17 bits per heavy atom. The van der Waals surface area contributed by atoms with Crippen LogP contribution in [0.5, 0.6) is 0 Å². The molecule has 0 aliphatic rings. The molecule has 0 aliphatic heterocycles. The number of carbonyl (C=O) groups is 1. The van der Waals surface area contributed by atoms with Gasteiger partial charge in [0.05, 0.1) is 15.5 Å². The quantitative estimate of drug-likeness (QED) is 0.623. The first kappa shape index (κ1) is 23.2. The van der Waals surface area contributed by atoms with E-state index in [1.807, 2.05) is 13.0 Å². The summed E-state index contributed by atoms with van der Waals surface area (Å²) in [6, 6.07) is 11.5. The summed E-state index contributed by atoms with van der Waals surface area (Å²) in [7, 11) is -3.85. The molecule has 2 aromatic carbocycles. The highest BCUT2D eigenvalue weighted by Crippen LogP contribution is 2.23. The number of aryl methyl sites for hydroxylation is 1. The van der Waals surface area contributed by atoms with Crippen LogP contribution in [0.2, 0.25) is 5.02 Å². The molecule has 2 aromatic rings. The Labute approximate surface area is 178 Å². The number of carbonyl (C=O) groups excluding carboxylic acids is 1. The molecule has 0 unspecified atom stereocenters. The summed E-state index contributed by atoms with van der Waals surface area (Å²) in [4.78, 5) is 14.8. The lowest BCUT2D eigenvalue weighted by atomic mass is 10.2. The molecule has 0 saturated heterocycles. The van der Waals surface area contributed by atoms with E-state index in [0.717, 1.165) is 12.1 Å². The largest absolute Gasteiger partial charge is 0.351 e. The average Bonchev–Trinajstić information content (AvgIpc) is 2.64. The van der Waals surface area contributed by atoms with Gasteiger partial charge < -0.3 is 5.32 Å². The molecule has 0 bridgehead atoms. The Hall–Kier alpha value is -2.09. The van der Waals surface area contributed by atoms with E-state index < -0.39 is 15.9 Å². The average molecular weight is 438 g/mol. The van der Waals surface area contributed by atoms with Crippen LogP contribution in [-0.4, -0.2) is 44.9 Å². The molecule has 0 spiro atoms. The van der Waals surface area contributed by atoms with Gasteiger partial charge in [0.25, 0.3) is 15.9 Å². The molecule has 0 heterocycles. The van der Waals surface area contributed by atoms with E-state index >= 15 is 0 Å². The van der Waals surface area contributed by atoms with Crippen molar-refractivity contribution in [3.63, 3.8) is 0 Å². The van der Waals surface area contributed by atoms with Crippen molar-refractivity contribution in [3.8, 4) is 0 Å². The Morgan fingerprint density at radius 2 is 1.90 bits per heavy atom. The molecule has 29 heavy (non-hydrogen) atoms. The van der Waals surface area contributed by atoms with Crippen LogP contribution in [0.25, 0.3) is 0 Å². The number of nitrogens with one attached hydrogen (secondary N) is 2. The number of rotatable bonds is 9. The predicted molar refractivity (Wildman–Crippen MR) is 118 cm³/mol. The van der Waals surface area contributed by atoms with Crippen LogP contribution in [0, 0.1) is 6.92 Å². The summed E-state index contributed by atoms with van der Waals surface area (Å²) in [5, 5.41) is 3.02. The third-order valence-corrected chi connectivity index (χ3v) is 6.29. The number of amides is 1. The Balaban J connectivity index is 2.15. The van der Waals surface area contributed by atoms with Gasteiger partial charge in [-0.2, -0.15) is 0 Å². The molecule has 0 atom stereocenters. The lowest BCUT2D eigenvalue weighted by Gasteiger charge is -2.24. The summed E-state index contributed by atoms with van der Waals surface area (Å²) in [6.45, 7) is 10.2. The first-order valence-electron chi connectivity index (χ1n) is 9.55. The smallest absolute Gasteiger partial charge is 0.261 e. The summed E-state index contributed by atoms with van der Waals surface area (Å²) in [5.74, 6) is -0.401. The van der Waals surface area contributed by atoms with Crippen molar-refractivity contribution in [2.45, 2.75) is 38.6 Å². The fraction of sp³-hybridized carbons (Fsp3) is 0.381. The highest BCUT2D eigenvalue weighted by molar-refractivity contribution is 7.92. The second-order valence-electron chi connectivity index (χ2n) is 7.09. The van der Waals surface area contributed by atoms with Crippen LogP contribution in [0.15, 0.2) is 47.4 Å². The van der Waals surface area contributed by atoms with Crippen molar-refractivity contribution < 1.29 is 13.2 Å². The van der Waals surface area contributed by atoms with Crippen LogP contribution in [0.1, 0.15) is 36.7 Å². The molecule has 0 saturated carbocycles. The Bertz CT molecular complexity index is 961. The molecule has 2 rings (SSSR count). The minimum atomic E-state index is -3.85. The van der Waals surface area contributed by atoms with E-state index in [0.29, 0.717) is 24.8 Å². The fourth-order valence-corrected chi connectivity index (χ4v) is 4.24. The number of benzene rings is 2. The maximum Gasteiger partial charge on any atom is 0.261 e. The van der Waals surface area contributed by atoms with Crippen LogP contribution in [0.4, 0.5) is 5.69 Å². The number of halogens is 1. The minimum absolute atomic E-state index is 0.0223. The van der Waals surface area contributed by atoms with Gasteiger partial charge in [0.1, 0.15) is 0 Å². The summed E-state index contributed by atoms with van der Waals surface area (Å²) >= 11 is 6.15. The molecule has 2 N–H and O–H groups in total. The molecule has 158 valence electrons. The van der Waals surface area contributed by atoms with Gasteiger partial charge >= 0.3 is 0 Å². The van der Waals surface area contributed by atoms with Crippen molar-refractivity contribution in [3.05, 3.63) is 58.6 Å². The van der Waals surface area contributed by atoms with Gasteiger partial charge in [-0.3, -0.25) is 14.4 Å². The van der Waals surface area contributed by atoms with Gasteiger partial charge in [-0.05, 0) is 63.2 Å². The minimum Gasteiger partial charge on any atom is -0.351 e. The van der Waals surface area contributed by atoms with Gasteiger partial charge in [0, 0.05) is 24.8 Å². The lowest BCUT2D eigenvalue weighted by molar-refractivity contribution is 0.0946. The molecule has 0 aliphatic carbocycles. The van der Waals surface area contributed by atoms with Gasteiger partial charge in [0.15, 0.2) is 0 Å². The number of anilines is 1. The normalized spacial score (nSPS) is 11.7. The van der Waals surface area contributed by atoms with E-state index in [4.69, 9.17) is 11.6 Å². The zero-order valence-electron chi connectivity index (χ0n) is 17.2. The van der Waals surface area contributed by atoms with E-state index in [-0.39, 0.29) is 15.5 Å². The monoisotopic (exact) mass is 437 g/mol. The first-order valence-corrected chi connectivity index (χ1v) is 11.4. The fourth-order valence-electron chi connectivity index (χ4n) is 2.96. The molecule has 6 nitrogen and oxygen atoms in total. The van der Waals surface area contributed by atoms with Gasteiger partial charge in [-0.15, -0.1) is 0 Å². The second-order valence-corrected chi connectivity index (χ2v) is 9.18. The van der Waals surface area contributed by atoms with Crippen molar-refractivity contribution >= 4 is 33.2 Å². The van der Waals surface area contributed by atoms with E-state index in [2.05, 4.69) is 35.7 Å². The Kier molecular flexibility index (Phi) is 8.07. The standard InChI is InChI=1S/C21H28ClN3O3S/c1-5-25(15(2)3)12-11-23-21(26)19-14-18(9-10-20(19)22)29(27,28)24-17-8-6-7-16(4)13-17/h6-10,13-15,24H,5,11-12H2,1-4H3,(H,23,26). The number of hydrogen-bond donors (Lipinski definition) is 2. The number of nitrogens with zero attached hydrogens (tertiary/aromatic N) is 1. The molecule has 8 heteroatoms. The number of hydrogen-bond acceptors (Lipinski definition) is 4. The second kappa shape index (κ2) is 10.1. The summed E-state index contributed by atoms with van der Waals surface area (Å²) < 4.78 is 28.0. The highest BCUT2D eigenvalue weighted by atomic mass is 35.5. The highest BCUT2D eigenvalue weighted by Gasteiger charge is 2.19. The van der Waals surface area contributed by atoms with E-state index in [9.17, 15) is 13.2 Å². The first-order chi connectivity index (χ1) is 13.6. The van der Waals surface area contributed by atoms with Crippen LogP contribution >= 0.6 is 11.6 Å². The van der Waals surface area contributed by atoms with Crippen LogP contribution in [0.3, 0.4) is 0 Å². The van der Waals surface area contributed by atoms with Gasteiger partial charge in [-0.25, -0.2) is 8.42 Å². The van der Waals surface area contributed by atoms with Gasteiger partial charge in [-0.1, -0.05) is 30.7 Å². The molecular formula is C21H28ClN3O3S. The van der Waals surface area contributed by atoms with Crippen molar-refractivity contribution in [2.75, 3.05) is 24.4 Å². The number of likely N-dealkylation sites (N-methyl/N-ethyl adjacent to an activating group) is 1. The van der Waals surface area contributed by atoms with Crippen LogP contribution in [-0.2, 0) is 10.0 Å². The molecule has 0 fully saturated rings. The van der Waals surface area contributed by atoms with Crippen LogP contribution < -0.4 is 10.0 Å². The number of sulfonamides is 1. The maximum atomic E-state index is 12.7. The topological polar surface area (TPSA) is 78.5 Å². The Morgan fingerprint density at radius 3 is 2.52 bits per heavy atom. The SMILES string of the molecule is CCN(CCNC(=O)c1cc(S(=O)(=O)Nc2cccc(C)c2)ccc1Cl)C(C)C. The van der Waals surface area contributed by atoms with Crippen molar-refractivity contribution in [1.29, 1.82) is 0 Å². The predicted octanol–water partition coefficient (Wildman–Crippen LogP) is 3.91. The van der Waals surface area contributed by atoms with E-state index in [1.165, 1.54) is 18.2 Å². The molecule has 0 radical (unpaired) electrons. The zero-order chi connectivity index (χ0) is 21.6. The summed E-state index contributed by atoms with van der Waals surface area (Å²) in [6.07, 6.45) is 0. The maximum absolute atomic E-state index is 12.7. The van der Waals surface area contributed by atoms with Gasteiger partial charge in [0.2, 0.25) is 0 Å². The third kappa shape index (κ3) is 6.45. The zero-order valence-corrected chi connectivity index (χ0v) is 18.8.